The number of aromatic nitrogens is 1. The predicted octanol–water partition coefficient (Wildman–Crippen LogP) is 2.65. The molecule has 174 valence electrons. The molecule has 2 aromatic rings. The molecular weight excluding hydrogens is 408 g/mol. The topological polar surface area (TPSA) is 87.9 Å². The third-order valence-corrected chi connectivity index (χ3v) is 5.61. The number of hydrogen-bond donors (Lipinski definition) is 1. The second-order valence-electron chi connectivity index (χ2n) is 8.68. The van der Waals surface area contributed by atoms with Gasteiger partial charge in [-0.15, -0.1) is 0 Å². The van der Waals surface area contributed by atoms with Crippen molar-refractivity contribution in [3.63, 3.8) is 0 Å². The first-order valence-electron chi connectivity index (χ1n) is 11.2. The molecule has 3 rings (SSSR count). The highest BCUT2D eigenvalue weighted by Gasteiger charge is 2.26. The maximum absolute atomic E-state index is 13.3. The highest BCUT2D eigenvalue weighted by atomic mass is 16.5. The Morgan fingerprint density at radius 3 is 2.72 bits per heavy atom. The van der Waals surface area contributed by atoms with Crippen LogP contribution in [0.2, 0.25) is 0 Å². The summed E-state index contributed by atoms with van der Waals surface area (Å²) >= 11 is 0. The lowest BCUT2D eigenvalue weighted by molar-refractivity contribution is -0.121. The first-order valence-corrected chi connectivity index (χ1v) is 11.2. The first-order chi connectivity index (χ1) is 15.3. The number of carbonyl (C=O) groups is 2. The summed E-state index contributed by atoms with van der Waals surface area (Å²) < 4.78 is 11.2. The van der Waals surface area contributed by atoms with Crippen LogP contribution in [0.5, 0.6) is 0 Å². The number of nitrogens with one attached hydrogen (secondary N) is 1. The minimum Gasteiger partial charge on any atom is -0.376 e. The largest absolute Gasteiger partial charge is 0.376 e. The molecule has 1 aliphatic heterocycles. The first kappa shape index (κ1) is 23.9. The van der Waals surface area contributed by atoms with Crippen molar-refractivity contribution in [1.82, 2.24) is 20.3 Å². The zero-order chi connectivity index (χ0) is 23.1. The zero-order valence-corrected chi connectivity index (χ0v) is 19.5. The second kappa shape index (κ2) is 11.2. The molecular formula is C24H34N4O4. The van der Waals surface area contributed by atoms with E-state index in [1.54, 1.807) is 11.0 Å². The predicted molar refractivity (Wildman–Crippen MR) is 122 cm³/mol. The monoisotopic (exact) mass is 442 g/mol. The van der Waals surface area contributed by atoms with E-state index in [9.17, 15) is 9.59 Å². The average Bonchev–Trinajstić information content (AvgIpc) is 3.44. The van der Waals surface area contributed by atoms with Crippen molar-refractivity contribution in [3.8, 4) is 11.3 Å². The molecule has 8 nitrogen and oxygen atoms in total. The number of amides is 2. The van der Waals surface area contributed by atoms with E-state index >= 15 is 0 Å². The number of likely N-dealkylation sites (N-methyl/N-ethyl adjacent to an activating group) is 1. The van der Waals surface area contributed by atoms with Crippen LogP contribution in [0.3, 0.4) is 0 Å². The van der Waals surface area contributed by atoms with Gasteiger partial charge in [0.15, 0.2) is 11.5 Å². The highest BCUT2D eigenvalue weighted by Crippen LogP contribution is 2.26. The van der Waals surface area contributed by atoms with Crippen LogP contribution in [-0.4, -0.2) is 79.8 Å². The van der Waals surface area contributed by atoms with Gasteiger partial charge in [-0.3, -0.25) is 9.59 Å². The molecule has 0 radical (unpaired) electrons. The standard InChI is InChI=1S/C24H34N4O4/c1-17-7-8-18(2)20(14-17)22-15-21(26-32-22)24(30)28(16-19-6-5-13-31-19)11-9-23(29)25-10-12-27(3)4/h7-8,14-15,19H,5-6,9-13,16H2,1-4H3,(H,25,29). The summed E-state index contributed by atoms with van der Waals surface area (Å²) in [6, 6.07) is 7.76. The number of ether oxygens (including phenoxy) is 1. The Labute approximate surface area is 189 Å². The Bertz CT molecular complexity index is 918. The van der Waals surface area contributed by atoms with Crippen LogP contribution in [0, 0.1) is 13.8 Å². The smallest absolute Gasteiger partial charge is 0.276 e. The summed E-state index contributed by atoms with van der Waals surface area (Å²) in [5, 5.41) is 6.94. The summed E-state index contributed by atoms with van der Waals surface area (Å²) in [5.74, 6) is 0.239. The molecule has 0 bridgehead atoms. The molecule has 0 saturated carbocycles. The molecule has 1 aromatic carbocycles. The second-order valence-corrected chi connectivity index (χ2v) is 8.68. The van der Waals surface area contributed by atoms with E-state index in [2.05, 4.69) is 10.5 Å². The van der Waals surface area contributed by atoms with Crippen molar-refractivity contribution in [3.05, 3.63) is 41.1 Å². The number of aryl methyl sites for hydroxylation is 2. The molecule has 8 heteroatoms. The number of hydrogen-bond acceptors (Lipinski definition) is 6. The lowest BCUT2D eigenvalue weighted by Crippen LogP contribution is -2.40. The molecule has 0 aliphatic carbocycles. The fourth-order valence-electron chi connectivity index (χ4n) is 3.72. The number of rotatable bonds is 10. The molecule has 1 fully saturated rings. The van der Waals surface area contributed by atoms with Crippen molar-refractivity contribution in [1.29, 1.82) is 0 Å². The molecule has 2 amide bonds. The Morgan fingerprint density at radius 2 is 2.00 bits per heavy atom. The normalized spacial score (nSPS) is 15.8. The maximum Gasteiger partial charge on any atom is 0.276 e. The van der Waals surface area contributed by atoms with Crippen LogP contribution in [0.4, 0.5) is 0 Å². The summed E-state index contributed by atoms with van der Waals surface area (Å²) in [4.78, 5) is 29.2. The van der Waals surface area contributed by atoms with E-state index in [0.29, 0.717) is 32.0 Å². The van der Waals surface area contributed by atoms with E-state index in [-0.39, 0.29) is 30.0 Å². The van der Waals surface area contributed by atoms with Gasteiger partial charge in [0.05, 0.1) is 6.10 Å². The van der Waals surface area contributed by atoms with Crippen molar-refractivity contribution in [2.24, 2.45) is 0 Å². The average molecular weight is 443 g/mol. The van der Waals surface area contributed by atoms with Crippen LogP contribution < -0.4 is 5.32 Å². The minimum atomic E-state index is -0.248. The van der Waals surface area contributed by atoms with Crippen molar-refractivity contribution in [2.45, 2.75) is 39.2 Å². The quantitative estimate of drug-likeness (QED) is 0.609. The third kappa shape index (κ3) is 6.64. The van der Waals surface area contributed by atoms with Crippen LogP contribution in [-0.2, 0) is 9.53 Å². The summed E-state index contributed by atoms with van der Waals surface area (Å²) in [5.41, 5.74) is 3.32. The lowest BCUT2D eigenvalue weighted by Gasteiger charge is -2.24. The van der Waals surface area contributed by atoms with E-state index in [1.807, 2.05) is 51.0 Å². The van der Waals surface area contributed by atoms with Gasteiger partial charge in [-0.1, -0.05) is 22.9 Å². The molecule has 1 atom stereocenters. The van der Waals surface area contributed by atoms with Gasteiger partial charge in [-0.05, 0) is 52.4 Å². The molecule has 32 heavy (non-hydrogen) atoms. The Balaban J connectivity index is 1.68. The fourth-order valence-corrected chi connectivity index (χ4v) is 3.72. The summed E-state index contributed by atoms with van der Waals surface area (Å²) in [6.07, 6.45) is 2.11. The van der Waals surface area contributed by atoms with E-state index in [4.69, 9.17) is 9.26 Å². The Kier molecular flexibility index (Phi) is 8.41. The summed E-state index contributed by atoms with van der Waals surface area (Å²) in [7, 11) is 3.91. The van der Waals surface area contributed by atoms with Gasteiger partial charge in [0.2, 0.25) is 5.91 Å². The van der Waals surface area contributed by atoms with Crippen LogP contribution in [0.25, 0.3) is 11.3 Å². The number of benzene rings is 1. The lowest BCUT2D eigenvalue weighted by atomic mass is 10.0. The Hall–Kier alpha value is -2.71. The zero-order valence-electron chi connectivity index (χ0n) is 19.5. The number of nitrogens with zero attached hydrogens (tertiary/aromatic N) is 3. The van der Waals surface area contributed by atoms with Crippen LogP contribution in [0.15, 0.2) is 28.8 Å². The van der Waals surface area contributed by atoms with E-state index in [0.717, 1.165) is 36.1 Å². The molecule has 1 N–H and O–H groups in total. The maximum atomic E-state index is 13.3. The van der Waals surface area contributed by atoms with E-state index in [1.165, 1.54) is 0 Å². The molecule has 0 spiro atoms. The van der Waals surface area contributed by atoms with Crippen molar-refractivity contribution in [2.75, 3.05) is 46.9 Å². The number of carbonyl (C=O) groups excluding carboxylic acids is 2. The van der Waals surface area contributed by atoms with Gasteiger partial charge < -0.3 is 24.4 Å². The minimum absolute atomic E-state index is 0.0128. The fraction of sp³-hybridized carbons (Fsp3) is 0.542. The molecule has 1 aliphatic rings. The molecule has 1 unspecified atom stereocenters. The van der Waals surface area contributed by atoms with Gasteiger partial charge in [-0.25, -0.2) is 0 Å². The van der Waals surface area contributed by atoms with Crippen molar-refractivity contribution >= 4 is 11.8 Å². The third-order valence-electron chi connectivity index (χ3n) is 5.61. The highest BCUT2D eigenvalue weighted by molar-refractivity contribution is 5.93. The molecule has 1 aromatic heterocycles. The summed E-state index contributed by atoms with van der Waals surface area (Å²) in [6.45, 7) is 6.81. The van der Waals surface area contributed by atoms with E-state index < -0.39 is 0 Å². The van der Waals surface area contributed by atoms with Gasteiger partial charge >= 0.3 is 0 Å². The van der Waals surface area contributed by atoms with Gasteiger partial charge in [0, 0.05) is 50.8 Å². The van der Waals surface area contributed by atoms with Gasteiger partial charge in [-0.2, -0.15) is 0 Å². The van der Waals surface area contributed by atoms with Crippen LogP contribution in [0.1, 0.15) is 40.9 Å². The molecule has 1 saturated heterocycles. The van der Waals surface area contributed by atoms with Gasteiger partial charge in [0.25, 0.3) is 5.91 Å². The van der Waals surface area contributed by atoms with Crippen LogP contribution >= 0.6 is 0 Å². The Morgan fingerprint density at radius 1 is 1.19 bits per heavy atom. The van der Waals surface area contributed by atoms with Crippen molar-refractivity contribution < 1.29 is 18.8 Å². The van der Waals surface area contributed by atoms with Gasteiger partial charge in [0.1, 0.15) is 0 Å². The SMILES string of the molecule is Cc1ccc(C)c(-c2cc(C(=O)N(CCC(=O)NCCN(C)C)CC3CCCO3)no2)c1. The molecule has 2 heterocycles.